The SMILES string of the molecule is CC(C)CCC(C)NC(=O)C(C)(C)C#N. The first-order valence-corrected chi connectivity index (χ1v) is 5.51. The van der Waals surface area contributed by atoms with E-state index in [0.29, 0.717) is 5.92 Å². The van der Waals surface area contributed by atoms with Gasteiger partial charge in [-0.3, -0.25) is 4.79 Å². The van der Waals surface area contributed by atoms with Gasteiger partial charge < -0.3 is 5.32 Å². The van der Waals surface area contributed by atoms with Crippen LogP contribution in [-0.4, -0.2) is 11.9 Å². The van der Waals surface area contributed by atoms with Crippen molar-refractivity contribution in [3.63, 3.8) is 0 Å². The average Bonchev–Trinajstić information content (AvgIpc) is 2.14. The van der Waals surface area contributed by atoms with Gasteiger partial charge in [0.25, 0.3) is 0 Å². The maximum Gasteiger partial charge on any atom is 0.240 e. The molecule has 1 N–H and O–H groups in total. The molecule has 3 heteroatoms. The standard InChI is InChI=1S/C12H22N2O/c1-9(2)6-7-10(3)14-11(15)12(4,5)8-13/h9-10H,6-7H2,1-5H3,(H,14,15). The average molecular weight is 210 g/mol. The molecule has 1 atom stereocenters. The van der Waals surface area contributed by atoms with Crippen molar-refractivity contribution in [1.82, 2.24) is 5.32 Å². The van der Waals surface area contributed by atoms with Crippen LogP contribution in [0.15, 0.2) is 0 Å². The molecule has 0 radical (unpaired) electrons. The topological polar surface area (TPSA) is 52.9 Å². The molecule has 86 valence electrons. The molecule has 0 aromatic heterocycles. The third-order valence-electron chi connectivity index (χ3n) is 2.40. The lowest BCUT2D eigenvalue weighted by Crippen LogP contribution is -2.41. The fourth-order valence-corrected chi connectivity index (χ4v) is 1.11. The Morgan fingerprint density at radius 1 is 1.33 bits per heavy atom. The molecule has 0 aliphatic rings. The molecule has 3 nitrogen and oxygen atoms in total. The molecule has 0 aliphatic heterocycles. The largest absolute Gasteiger partial charge is 0.352 e. The van der Waals surface area contributed by atoms with E-state index in [1.807, 2.05) is 13.0 Å². The monoisotopic (exact) mass is 210 g/mol. The fraction of sp³-hybridized carbons (Fsp3) is 0.833. The molecule has 0 saturated carbocycles. The van der Waals surface area contributed by atoms with Crippen LogP contribution in [0.3, 0.4) is 0 Å². The number of nitrogens with zero attached hydrogens (tertiary/aromatic N) is 1. The van der Waals surface area contributed by atoms with E-state index >= 15 is 0 Å². The number of amides is 1. The molecule has 0 aromatic carbocycles. The van der Waals surface area contributed by atoms with E-state index in [0.717, 1.165) is 12.8 Å². The summed E-state index contributed by atoms with van der Waals surface area (Å²) in [5, 5.41) is 11.6. The summed E-state index contributed by atoms with van der Waals surface area (Å²) in [4.78, 5) is 11.6. The van der Waals surface area contributed by atoms with Crippen molar-refractivity contribution in [2.24, 2.45) is 11.3 Å². The maximum absolute atomic E-state index is 11.6. The van der Waals surface area contributed by atoms with E-state index in [1.165, 1.54) is 0 Å². The second kappa shape index (κ2) is 5.75. The lowest BCUT2D eigenvalue weighted by molar-refractivity contribution is -0.127. The van der Waals surface area contributed by atoms with Gasteiger partial charge in [-0.05, 0) is 39.5 Å². The van der Waals surface area contributed by atoms with Crippen molar-refractivity contribution in [1.29, 1.82) is 5.26 Å². The van der Waals surface area contributed by atoms with Gasteiger partial charge in [0.15, 0.2) is 0 Å². The van der Waals surface area contributed by atoms with Crippen molar-refractivity contribution < 1.29 is 4.79 Å². The number of nitriles is 1. The quantitative estimate of drug-likeness (QED) is 0.758. The number of nitrogens with one attached hydrogen (secondary N) is 1. The third-order valence-corrected chi connectivity index (χ3v) is 2.40. The Labute approximate surface area is 92.9 Å². The lowest BCUT2D eigenvalue weighted by Gasteiger charge is -2.20. The first-order chi connectivity index (χ1) is 6.79. The highest BCUT2D eigenvalue weighted by atomic mass is 16.2. The van der Waals surface area contributed by atoms with E-state index in [1.54, 1.807) is 13.8 Å². The number of rotatable bonds is 5. The van der Waals surface area contributed by atoms with Gasteiger partial charge in [0, 0.05) is 6.04 Å². The van der Waals surface area contributed by atoms with Crippen LogP contribution in [0.5, 0.6) is 0 Å². The van der Waals surface area contributed by atoms with E-state index in [4.69, 9.17) is 5.26 Å². The number of carbonyl (C=O) groups is 1. The Bertz CT molecular complexity index is 251. The Kier molecular flexibility index (Phi) is 5.35. The molecule has 0 saturated heterocycles. The zero-order chi connectivity index (χ0) is 12.1. The zero-order valence-corrected chi connectivity index (χ0v) is 10.4. The highest BCUT2D eigenvalue weighted by Gasteiger charge is 2.27. The van der Waals surface area contributed by atoms with Crippen LogP contribution in [0.1, 0.15) is 47.5 Å². The number of hydrogen-bond donors (Lipinski definition) is 1. The Balaban J connectivity index is 4.03. The summed E-state index contributed by atoms with van der Waals surface area (Å²) in [5.41, 5.74) is -0.925. The molecule has 0 aliphatic carbocycles. The van der Waals surface area contributed by atoms with Gasteiger partial charge in [0.1, 0.15) is 5.41 Å². The molecule has 0 heterocycles. The number of hydrogen-bond acceptors (Lipinski definition) is 2. The predicted molar refractivity (Wildman–Crippen MR) is 61.1 cm³/mol. The van der Waals surface area contributed by atoms with Crippen molar-refractivity contribution >= 4 is 5.91 Å². The van der Waals surface area contributed by atoms with Crippen molar-refractivity contribution in [3.8, 4) is 6.07 Å². The molecular formula is C12H22N2O. The summed E-state index contributed by atoms with van der Waals surface area (Å²) < 4.78 is 0. The summed E-state index contributed by atoms with van der Waals surface area (Å²) in [7, 11) is 0. The van der Waals surface area contributed by atoms with Crippen molar-refractivity contribution in [2.75, 3.05) is 0 Å². The predicted octanol–water partition coefficient (Wildman–Crippen LogP) is 2.48. The van der Waals surface area contributed by atoms with Crippen LogP contribution in [0, 0.1) is 22.7 Å². The molecule has 0 spiro atoms. The summed E-state index contributed by atoms with van der Waals surface area (Å²) in [6.07, 6.45) is 2.05. The second-order valence-electron chi connectivity index (χ2n) is 5.08. The molecule has 0 aromatic rings. The van der Waals surface area contributed by atoms with E-state index in [9.17, 15) is 4.79 Å². The minimum Gasteiger partial charge on any atom is -0.352 e. The molecule has 15 heavy (non-hydrogen) atoms. The van der Waals surface area contributed by atoms with Gasteiger partial charge in [-0.1, -0.05) is 13.8 Å². The highest BCUT2D eigenvalue weighted by molar-refractivity contribution is 5.84. The molecule has 0 rings (SSSR count). The summed E-state index contributed by atoms with van der Waals surface area (Å²) in [6, 6.07) is 2.15. The summed E-state index contributed by atoms with van der Waals surface area (Å²) in [6.45, 7) is 9.57. The van der Waals surface area contributed by atoms with Gasteiger partial charge in [0.2, 0.25) is 5.91 Å². The van der Waals surface area contributed by atoms with Crippen LogP contribution in [0.25, 0.3) is 0 Å². The Morgan fingerprint density at radius 3 is 2.27 bits per heavy atom. The molecular weight excluding hydrogens is 188 g/mol. The van der Waals surface area contributed by atoms with E-state index in [-0.39, 0.29) is 11.9 Å². The molecule has 0 fully saturated rings. The van der Waals surface area contributed by atoms with Gasteiger partial charge in [0.05, 0.1) is 6.07 Å². The minimum atomic E-state index is -0.925. The van der Waals surface area contributed by atoms with Crippen LogP contribution in [0.4, 0.5) is 0 Å². The highest BCUT2D eigenvalue weighted by Crippen LogP contribution is 2.14. The van der Waals surface area contributed by atoms with Gasteiger partial charge in [-0.25, -0.2) is 0 Å². The smallest absolute Gasteiger partial charge is 0.240 e. The van der Waals surface area contributed by atoms with E-state index in [2.05, 4.69) is 19.2 Å². The molecule has 1 amide bonds. The Hall–Kier alpha value is -1.04. The summed E-state index contributed by atoms with van der Waals surface area (Å²) in [5.74, 6) is 0.467. The Morgan fingerprint density at radius 2 is 1.87 bits per heavy atom. The minimum absolute atomic E-state index is 0.146. The van der Waals surface area contributed by atoms with Crippen LogP contribution < -0.4 is 5.32 Å². The first kappa shape index (κ1) is 14.0. The third kappa shape index (κ3) is 5.41. The van der Waals surface area contributed by atoms with Crippen LogP contribution >= 0.6 is 0 Å². The molecule has 1 unspecified atom stereocenters. The second-order valence-corrected chi connectivity index (χ2v) is 5.08. The normalized spacial score (nSPS) is 13.4. The van der Waals surface area contributed by atoms with Crippen molar-refractivity contribution in [2.45, 2.75) is 53.5 Å². The maximum atomic E-state index is 11.6. The van der Waals surface area contributed by atoms with Crippen molar-refractivity contribution in [3.05, 3.63) is 0 Å². The zero-order valence-electron chi connectivity index (χ0n) is 10.4. The summed E-state index contributed by atoms with van der Waals surface area (Å²) >= 11 is 0. The lowest BCUT2D eigenvalue weighted by atomic mass is 9.94. The van der Waals surface area contributed by atoms with Crippen LogP contribution in [0.2, 0.25) is 0 Å². The van der Waals surface area contributed by atoms with Gasteiger partial charge >= 0.3 is 0 Å². The first-order valence-electron chi connectivity index (χ1n) is 5.51. The van der Waals surface area contributed by atoms with Gasteiger partial charge in [-0.2, -0.15) is 5.26 Å². The molecule has 0 bridgehead atoms. The number of carbonyl (C=O) groups excluding carboxylic acids is 1. The van der Waals surface area contributed by atoms with Crippen LogP contribution in [-0.2, 0) is 4.79 Å². The van der Waals surface area contributed by atoms with Gasteiger partial charge in [-0.15, -0.1) is 0 Å². The van der Waals surface area contributed by atoms with E-state index < -0.39 is 5.41 Å². The fourth-order valence-electron chi connectivity index (χ4n) is 1.11.